The Bertz CT molecular complexity index is 411. The highest BCUT2D eigenvalue weighted by molar-refractivity contribution is 9.10. The van der Waals surface area contributed by atoms with E-state index in [1.54, 1.807) is 0 Å². The van der Waals surface area contributed by atoms with Crippen LogP contribution in [0.5, 0.6) is 0 Å². The van der Waals surface area contributed by atoms with E-state index in [4.69, 9.17) is 5.11 Å². The Labute approximate surface area is 92.4 Å². The molecule has 1 aromatic rings. The van der Waals surface area contributed by atoms with Crippen LogP contribution in [0, 0.1) is 5.82 Å². The Hall–Kier alpha value is -1.50. The molecule has 5 nitrogen and oxygen atoms in total. The van der Waals surface area contributed by atoms with Crippen molar-refractivity contribution in [3.63, 3.8) is 0 Å². The zero-order valence-electron chi connectivity index (χ0n) is 7.33. The van der Waals surface area contributed by atoms with Crippen LogP contribution in [0.1, 0.15) is 10.5 Å². The molecule has 0 atom stereocenters. The van der Waals surface area contributed by atoms with Crippen molar-refractivity contribution in [3.8, 4) is 0 Å². The second-order valence-electron chi connectivity index (χ2n) is 2.56. The molecule has 1 amide bonds. The van der Waals surface area contributed by atoms with Gasteiger partial charge in [0.15, 0.2) is 11.5 Å². The number of amides is 1. The zero-order chi connectivity index (χ0) is 11.4. The summed E-state index contributed by atoms with van der Waals surface area (Å²) in [5, 5.41) is 10.3. The number of carbonyl (C=O) groups excluding carboxylic acids is 1. The van der Waals surface area contributed by atoms with Crippen molar-refractivity contribution in [1.29, 1.82) is 0 Å². The first-order chi connectivity index (χ1) is 7.00. The number of nitrogens with zero attached hydrogens (tertiary/aromatic N) is 1. The van der Waals surface area contributed by atoms with Gasteiger partial charge in [0.05, 0.1) is 0 Å². The van der Waals surface area contributed by atoms with E-state index >= 15 is 0 Å². The molecule has 1 heterocycles. The number of aromatic nitrogens is 1. The molecule has 0 spiro atoms. The maximum absolute atomic E-state index is 13.1. The molecule has 0 fully saturated rings. The van der Waals surface area contributed by atoms with Crippen LogP contribution in [-0.2, 0) is 4.79 Å². The Morgan fingerprint density at radius 2 is 2.27 bits per heavy atom. The Balaban J connectivity index is 2.78. The molecule has 0 saturated heterocycles. The van der Waals surface area contributed by atoms with Crippen molar-refractivity contribution >= 4 is 27.8 Å². The zero-order valence-corrected chi connectivity index (χ0v) is 8.91. The van der Waals surface area contributed by atoms with Gasteiger partial charge in [0.25, 0.3) is 5.91 Å². The fourth-order valence-electron chi connectivity index (χ4n) is 0.821. The van der Waals surface area contributed by atoms with Gasteiger partial charge in [-0.25, -0.2) is 9.37 Å². The number of rotatable bonds is 3. The van der Waals surface area contributed by atoms with Gasteiger partial charge in [-0.05, 0) is 22.0 Å². The normalized spacial score (nSPS) is 9.73. The molecule has 2 N–H and O–H groups in total. The van der Waals surface area contributed by atoms with E-state index in [0.29, 0.717) is 4.47 Å². The number of pyridine rings is 1. The predicted octanol–water partition coefficient (Wildman–Crippen LogP) is 0.798. The van der Waals surface area contributed by atoms with E-state index < -0.39 is 29.9 Å². The van der Waals surface area contributed by atoms with Gasteiger partial charge in [-0.2, -0.15) is 0 Å². The molecule has 80 valence electrons. The van der Waals surface area contributed by atoms with E-state index in [0.717, 1.165) is 6.07 Å². The van der Waals surface area contributed by atoms with E-state index in [1.165, 1.54) is 6.20 Å². The fourth-order valence-corrected chi connectivity index (χ4v) is 1.12. The van der Waals surface area contributed by atoms with Crippen molar-refractivity contribution in [2.24, 2.45) is 0 Å². The molecule has 0 radical (unpaired) electrons. The lowest BCUT2D eigenvalue weighted by molar-refractivity contribution is -0.135. The quantitative estimate of drug-likeness (QED) is 0.856. The van der Waals surface area contributed by atoms with Crippen LogP contribution in [0.25, 0.3) is 0 Å². The van der Waals surface area contributed by atoms with Gasteiger partial charge >= 0.3 is 5.97 Å². The molecule has 1 rings (SSSR count). The average Bonchev–Trinajstić information content (AvgIpc) is 2.14. The number of carboxylic acid groups (broad SMARTS) is 1. The lowest BCUT2D eigenvalue weighted by Gasteiger charge is -2.02. The lowest BCUT2D eigenvalue weighted by Crippen LogP contribution is -2.30. The van der Waals surface area contributed by atoms with Crippen LogP contribution in [0.3, 0.4) is 0 Å². The van der Waals surface area contributed by atoms with Gasteiger partial charge in [-0.15, -0.1) is 0 Å². The van der Waals surface area contributed by atoms with E-state index in [1.807, 2.05) is 5.32 Å². The molecule has 7 heteroatoms. The molecule has 0 aromatic carbocycles. The largest absolute Gasteiger partial charge is 0.480 e. The molecule has 1 aromatic heterocycles. The third-order valence-corrected chi connectivity index (χ3v) is 1.86. The minimum atomic E-state index is -1.21. The number of aliphatic carboxylic acids is 1. The minimum absolute atomic E-state index is 0.398. The first-order valence-corrected chi connectivity index (χ1v) is 4.61. The lowest BCUT2D eigenvalue weighted by atomic mass is 10.3. The van der Waals surface area contributed by atoms with E-state index in [-0.39, 0.29) is 0 Å². The summed E-state index contributed by atoms with van der Waals surface area (Å²) in [5.74, 6) is -2.88. The Morgan fingerprint density at radius 1 is 1.60 bits per heavy atom. The topological polar surface area (TPSA) is 79.3 Å². The van der Waals surface area contributed by atoms with Crippen molar-refractivity contribution in [2.45, 2.75) is 0 Å². The van der Waals surface area contributed by atoms with Crippen molar-refractivity contribution in [2.75, 3.05) is 6.54 Å². The third kappa shape index (κ3) is 3.28. The monoisotopic (exact) mass is 276 g/mol. The molecule has 15 heavy (non-hydrogen) atoms. The van der Waals surface area contributed by atoms with Crippen molar-refractivity contribution in [3.05, 3.63) is 28.2 Å². The number of hydrogen-bond acceptors (Lipinski definition) is 3. The molecular weight excluding hydrogens is 271 g/mol. The van der Waals surface area contributed by atoms with Crippen LogP contribution in [0.15, 0.2) is 16.7 Å². The molecule has 0 aliphatic carbocycles. The van der Waals surface area contributed by atoms with Gasteiger partial charge in [-0.3, -0.25) is 9.59 Å². The summed E-state index contributed by atoms with van der Waals surface area (Å²) in [6.45, 7) is -0.573. The maximum atomic E-state index is 13.1. The van der Waals surface area contributed by atoms with Crippen LogP contribution in [0.4, 0.5) is 4.39 Å². The first-order valence-electron chi connectivity index (χ1n) is 3.81. The summed E-state index contributed by atoms with van der Waals surface area (Å²) >= 11 is 2.98. The minimum Gasteiger partial charge on any atom is -0.480 e. The molecule has 0 unspecified atom stereocenters. The maximum Gasteiger partial charge on any atom is 0.322 e. The van der Waals surface area contributed by atoms with Crippen LogP contribution in [-0.4, -0.2) is 28.5 Å². The number of halogens is 2. The van der Waals surface area contributed by atoms with Crippen LogP contribution in [0.2, 0.25) is 0 Å². The highest BCUT2D eigenvalue weighted by atomic mass is 79.9. The van der Waals surface area contributed by atoms with Crippen molar-refractivity contribution in [1.82, 2.24) is 10.3 Å². The SMILES string of the molecule is O=C(O)CNC(=O)c1ncc(Br)cc1F. The number of nitrogens with one attached hydrogen (secondary N) is 1. The Morgan fingerprint density at radius 3 is 2.80 bits per heavy atom. The van der Waals surface area contributed by atoms with Gasteiger partial charge < -0.3 is 10.4 Å². The summed E-state index contributed by atoms with van der Waals surface area (Å²) < 4.78 is 13.5. The van der Waals surface area contributed by atoms with Gasteiger partial charge in [0, 0.05) is 10.7 Å². The summed E-state index contributed by atoms with van der Waals surface area (Å²) in [5.41, 5.74) is -0.431. The van der Waals surface area contributed by atoms with Crippen molar-refractivity contribution < 1.29 is 19.1 Å². The Kier molecular flexibility index (Phi) is 3.73. The van der Waals surface area contributed by atoms with E-state index in [2.05, 4.69) is 20.9 Å². The predicted molar refractivity (Wildman–Crippen MR) is 51.9 cm³/mol. The first kappa shape index (κ1) is 11.6. The second kappa shape index (κ2) is 4.83. The molecule has 0 aliphatic rings. The van der Waals surface area contributed by atoms with Gasteiger partial charge in [0.2, 0.25) is 0 Å². The summed E-state index contributed by atoms with van der Waals surface area (Å²) in [6, 6.07) is 1.07. The number of hydrogen-bond donors (Lipinski definition) is 2. The fraction of sp³-hybridized carbons (Fsp3) is 0.125. The summed E-state index contributed by atoms with van der Waals surface area (Å²) in [4.78, 5) is 24.9. The van der Waals surface area contributed by atoms with E-state index in [9.17, 15) is 14.0 Å². The third-order valence-electron chi connectivity index (χ3n) is 1.42. The molecule has 0 bridgehead atoms. The number of carboxylic acids is 1. The van der Waals surface area contributed by atoms with Gasteiger partial charge in [0.1, 0.15) is 6.54 Å². The number of carbonyl (C=O) groups is 2. The van der Waals surface area contributed by atoms with Crippen LogP contribution < -0.4 is 5.32 Å². The molecule has 0 saturated carbocycles. The molecule has 0 aliphatic heterocycles. The smallest absolute Gasteiger partial charge is 0.322 e. The average molecular weight is 277 g/mol. The van der Waals surface area contributed by atoms with Crippen LogP contribution >= 0.6 is 15.9 Å². The molecular formula is C8H6BrFN2O3. The summed E-state index contributed by atoms with van der Waals surface area (Å²) in [7, 11) is 0. The second-order valence-corrected chi connectivity index (χ2v) is 3.48. The van der Waals surface area contributed by atoms with Gasteiger partial charge in [-0.1, -0.05) is 0 Å². The standard InChI is InChI=1S/C8H6BrFN2O3/c9-4-1-5(10)7(11-2-4)8(15)12-3-6(13)14/h1-2H,3H2,(H,12,15)(H,13,14). The summed E-state index contributed by atoms with van der Waals surface area (Å²) in [6.07, 6.45) is 1.25. The highest BCUT2D eigenvalue weighted by Crippen LogP contribution is 2.12. The highest BCUT2D eigenvalue weighted by Gasteiger charge is 2.14.